The van der Waals surface area contributed by atoms with E-state index in [0.29, 0.717) is 56.2 Å². The van der Waals surface area contributed by atoms with Gasteiger partial charge < -0.3 is 13.9 Å². The van der Waals surface area contributed by atoms with Gasteiger partial charge in [0.05, 0.1) is 19.5 Å². The minimum absolute atomic E-state index is 0.00705. The van der Waals surface area contributed by atoms with Crippen LogP contribution in [0.2, 0.25) is 0 Å². The number of nitrogens with one attached hydrogen (secondary N) is 1. The van der Waals surface area contributed by atoms with Crippen LogP contribution in [0.3, 0.4) is 0 Å². The molecule has 0 unspecified atom stereocenters. The van der Waals surface area contributed by atoms with Crippen LogP contribution in [-0.2, 0) is 14.8 Å². The molecule has 0 bridgehead atoms. The highest BCUT2D eigenvalue weighted by molar-refractivity contribution is 7.88. The third kappa shape index (κ3) is 5.28. The molecular formula is C19H26N4O6S. The number of aromatic nitrogens is 2. The lowest BCUT2D eigenvalue weighted by molar-refractivity contribution is -0.121. The van der Waals surface area contributed by atoms with Crippen molar-refractivity contribution in [1.82, 2.24) is 14.5 Å². The quantitative estimate of drug-likeness (QED) is 0.665. The Morgan fingerprint density at radius 3 is 2.47 bits per heavy atom. The molecule has 164 valence electrons. The van der Waals surface area contributed by atoms with E-state index < -0.39 is 10.0 Å². The van der Waals surface area contributed by atoms with Gasteiger partial charge in [0.1, 0.15) is 0 Å². The molecule has 0 radical (unpaired) electrons. The maximum absolute atomic E-state index is 12.5. The minimum Gasteiger partial charge on any atom is -0.490 e. The van der Waals surface area contributed by atoms with Crippen molar-refractivity contribution < 1.29 is 27.1 Å². The third-order valence-electron chi connectivity index (χ3n) is 4.74. The van der Waals surface area contributed by atoms with E-state index in [-0.39, 0.29) is 23.7 Å². The SMILES string of the molecule is CCOc1ccc(-c2nnc(NC(=O)C3CCN(S(C)(=O)=O)CC3)o2)cc1OCC. The number of anilines is 1. The van der Waals surface area contributed by atoms with Gasteiger partial charge in [0.25, 0.3) is 0 Å². The highest BCUT2D eigenvalue weighted by atomic mass is 32.2. The van der Waals surface area contributed by atoms with E-state index in [9.17, 15) is 13.2 Å². The number of amides is 1. The summed E-state index contributed by atoms with van der Waals surface area (Å²) < 4.78 is 41.3. The number of benzene rings is 1. The first kappa shape index (κ1) is 22.0. The van der Waals surface area contributed by atoms with Crippen molar-refractivity contribution in [2.24, 2.45) is 5.92 Å². The van der Waals surface area contributed by atoms with Gasteiger partial charge in [-0.05, 0) is 44.9 Å². The molecule has 1 N–H and O–H groups in total. The van der Waals surface area contributed by atoms with Crippen LogP contribution < -0.4 is 14.8 Å². The van der Waals surface area contributed by atoms with Crippen LogP contribution in [0.4, 0.5) is 6.01 Å². The maximum Gasteiger partial charge on any atom is 0.322 e. The molecule has 1 aliphatic rings. The Bertz CT molecular complexity index is 983. The number of nitrogens with zero attached hydrogens (tertiary/aromatic N) is 3. The molecule has 2 heterocycles. The molecule has 0 saturated carbocycles. The van der Waals surface area contributed by atoms with E-state index in [4.69, 9.17) is 13.9 Å². The predicted molar refractivity (Wildman–Crippen MR) is 110 cm³/mol. The molecule has 1 aromatic carbocycles. The first-order valence-corrected chi connectivity index (χ1v) is 11.7. The van der Waals surface area contributed by atoms with Gasteiger partial charge in [0.15, 0.2) is 11.5 Å². The number of ether oxygens (including phenoxy) is 2. The van der Waals surface area contributed by atoms with Gasteiger partial charge in [0, 0.05) is 24.6 Å². The average Bonchev–Trinajstić information content (AvgIpc) is 3.17. The predicted octanol–water partition coefficient (Wildman–Crippen LogP) is 2.14. The number of sulfonamides is 1. The van der Waals surface area contributed by atoms with Crippen molar-refractivity contribution in [3.8, 4) is 23.0 Å². The molecule has 1 saturated heterocycles. The van der Waals surface area contributed by atoms with Crippen molar-refractivity contribution in [3.05, 3.63) is 18.2 Å². The van der Waals surface area contributed by atoms with Crippen molar-refractivity contribution in [1.29, 1.82) is 0 Å². The van der Waals surface area contributed by atoms with E-state index in [1.807, 2.05) is 13.8 Å². The van der Waals surface area contributed by atoms with Gasteiger partial charge in [0.2, 0.25) is 21.8 Å². The summed E-state index contributed by atoms with van der Waals surface area (Å²) >= 11 is 0. The molecule has 1 aliphatic heterocycles. The van der Waals surface area contributed by atoms with E-state index >= 15 is 0 Å². The van der Waals surface area contributed by atoms with Gasteiger partial charge >= 0.3 is 6.01 Å². The number of rotatable bonds is 8. The molecule has 30 heavy (non-hydrogen) atoms. The largest absolute Gasteiger partial charge is 0.490 e. The Kier molecular flexibility index (Phi) is 6.93. The van der Waals surface area contributed by atoms with Crippen LogP contribution in [0.5, 0.6) is 11.5 Å². The third-order valence-corrected chi connectivity index (χ3v) is 6.04. The Morgan fingerprint density at radius 1 is 1.17 bits per heavy atom. The fourth-order valence-corrected chi connectivity index (χ4v) is 4.11. The fraction of sp³-hybridized carbons (Fsp3) is 0.526. The number of piperidine rings is 1. The Hall–Kier alpha value is -2.66. The summed E-state index contributed by atoms with van der Waals surface area (Å²) in [4.78, 5) is 12.5. The van der Waals surface area contributed by atoms with Crippen LogP contribution in [0.15, 0.2) is 22.6 Å². The summed E-state index contributed by atoms with van der Waals surface area (Å²) in [5.74, 6) is 0.851. The standard InChI is InChI=1S/C19H26N4O6S/c1-4-27-15-7-6-14(12-16(15)28-5-2)18-21-22-19(29-18)20-17(24)13-8-10-23(11-9-13)30(3,25)26/h6-7,12-13H,4-5,8-11H2,1-3H3,(H,20,22,24). The van der Waals surface area contributed by atoms with Crippen LogP contribution >= 0.6 is 0 Å². The average molecular weight is 439 g/mol. The summed E-state index contributed by atoms with van der Waals surface area (Å²) in [6.07, 6.45) is 2.05. The molecular weight excluding hydrogens is 412 g/mol. The molecule has 1 fully saturated rings. The zero-order valence-electron chi connectivity index (χ0n) is 17.3. The van der Waals surface area contributed by atoms with E-state index in [1.165, 1.54) is 10.6 Å². The molecule has 3 rings (SSSR count). The Labute approximate surface area is 175 Å². The molecule has 0 aliphatic carbocycles. The van der Waals surface area contributed by atoms with Gasteiger partial charge in [-0.3, -0.25) is 10.1 Å². The first-order chi connectivity index (χ1) is 14.3. The zero-order valence-corrected chi connectivity index (χ0v) is 18.1. The molecule has 0 spiro atoms. The highest BCUT2D eigenvalue weighted by Gasteiger charge is 2.29. The lowest BCUT2D eigenvalue weighted by Crippen LogP contribution is -2.40. The van der Waals surface area contributed by atoms with E-state index in [2.05, 4.69) is 15.5 Å². The molecule has 1 amide bonds. The van der Waals surface area contributed by atoms with Gasteiger partial charge in [-0.15, -0.1) is 5.10 Å². The Balaban J connectivity index is 1.65. The van der Waals surface area contributed by atoms with E-state index in [1.54, 1.807) is 18.2 Å². The smallest absolute Gasteiger partial charge is 0.322 e. The first-order valence-electron chi connectivity index (χ1n) is 9.81. The topological polar surface area (TPSA) is 124 Å². The summed E-state index contributed by atoms with van der Waals surface area (Å²) in [6, 6.07) is 5.27. The summed E-state index contributed by atoms with van der Waals surface area (Å²) in [6.45, 7) is 5.40. The van der Waals surface area contributed by atoms with Crippen LogP contribution in [-0.4, -0.2) is 61.4 Å². The molecule has 11 heteroatoms. The normalized spacial score (nSPS) is 15.7. The van der Waals surface area contributed by atoms with Crippen LogP contribution in [0.1, 0.15) is 26.7 Å². The van der Waals surface area contributed by atoms with Crippen LogP contribution in [0, 0.1) is 5.92 Å². The monoisotopic (exact) mass is 438 g/mol. The fourth-order valence-electron chi connectivity index (χ4n) is 3.23. The second-order valence-electron chi connectivity index (χ2n) is 6.87. The number of hydrogen-bond donors (Lipinski definition) is 1. The van der Waals surface area contributed by atoms with Crippen molar-refractivity contribution in [2.75, 3.05) is 37.9 Å². The van der Waals surface area contributed by atoms with Gasteiger partial charge in [-0.2, -0.15) is 0 Å². The van der Waals surface area contributed by atoms with Gasteiger partial charge in [-0.25, -0.2) is 12.7 Å². The van der Waals surface area contributed by atoms with Crippen LogP contribution in [0.25, 0.3) is 11.5 Å². The highest BCUT2D eigenvalue weighted by Crippen LogP contribution is 2.33. The van der Waals surface area contributed by atoms with Crippen molar-refractivity contribution in [2.45, 2.75) is 26.7 Å². The number of hydrogen-bond acceptors (Lipinski definition) is 8. The molecule has 0 atom stereocenters. The molecule has 2 aromatic rings. The van der Waals surface area contributed by atoms with Crippen molar-refractivity contribution >= 4 is 21.9 Å². The van der Waals surface area contributed by atoms with E-state index in [0.717, 1.165) is 0 Å². The minimum atomic E-state index is -3.23. The lowest BCUT2D eigenvalue weighted by Gasteiger charge is -2.29. The summed E-state index contributed by atoms with van der Waals surface area (Å²) in [5, 5.41) is 10.5. The summed E-state index contributed by atoms with van der Waals surface area (Å²) in [7, 11) is -3.23. The Morgan fingerprint density at radius 2 is 1.83 bits per heavy atom. The molecule has 1 aromatic heterocycles. The second-order valence-corrected chi connectivity index (χ2v) is 8.85. The van der Waals surface area contributed by atoms with Gasteiger partial charge in [-0.1, -0.05) is 5.10 Å². The number of carbonyl (C=O) groups is 1. The maximum atomic E-state index is 12.5. The zero-order chi connectivity index (χ0) is 21.7. The molecule has 10 nitrogen and oxygen atoms in total. The summed E-state index contributed by atoms with van der Waals surface area (Å²) in [5.41, 5.74) is 0.636. The second kappa shape index (κ2) is 9.43. The lowest BCUT2D eigenvalue weighted by atomic mass is 9.97. The number of carbonyl (C=O) groups excluding carboxylic acids is 1. The van der Waals surface area contributed by atoms with Crippen molar-refractivity contribution in [3.63, 3.8) is 0 Å².